The summed E-state index contributed by atoms with van der Waals surface area (Å²) in [7, 11) is 0. The van der Waals surface area contributed by atoms with Crippen molar-refractivity contribution in [3.63, 3.8) is 0 Å². The van der Waals surface area contributed by atoms with Crippen molar-refractivity contribution in [1.82, 2.24) is 0 Å². The summed E-state index contributed by atoms with van der Waals surface area (Å²) in [5, 5.41) is 0. The highest BCUT2D eigenvalue weighted by Gasteiger charge is 2.62. The second kappa shape index (κ2) is 4.66. The Morgan fingerprint density at radius 3 is 2.62 bits per heavy atom. The van der Waals surface area contributed by atoms with Gasteiger partial charge in [0.15, 0.2) is 5.78 Å². The lowest BCUT2D eigenvalue weighted by molar-refractivity contribution is -0.155. The Balaban J connectivity index is 2.14. The monoisotopic (exact) mass is 286 g/mol. The van der Waals surface area contributed by atoms with Crippen molar-refractivity contribution in [2.24, 2.45) is 22.7 Å². The fraction of sp³-hybridized carbons (Fsp3) is 0.684. The van der Waals surface area contributed by atoms with Crippen LogP contribution < -0.4 is 0 Å². The fourth-order valence-corrected chi connectivity index (χ4v) is 5.59. The molecule has 0 N–H and O–H groups in total. The first-order chi connectivity index (χ1) is 9.84. The van der Waals surface area contributed by atoms with Crippen LogP contribution >= 0.6 is 0 Å². The van der Waals surface area contributed by atoms with Gasteiger partial charge in [-0.15, -0.1) is 0 Å². The molecule has 0 aliphatic heterocycles. The minimum absolute atomic E-state index is 0.0929. The maximum atomic E-state index is 12.9. The normalized spacial score (nSPS) is 42.6. The number of carbonyl (C=O) groups excluding carboxylic acids is 2. The molecule has 0 heterocycles. The van der Waals surface area contributed by atoms with E-state index in [1.54, 1.807) is 6.92 Å². The Morgan fingerprint density at radius 1 is 1.24 bits per heavy atom. The van der Waals surface area contributed by atoms with Crippen LogP contribution in [-0.2, 0) is 9.59 Å². The van der Waals surface area contributed by atoms with Gasteiger partial charge in [0.05, 0.1) is 5.41 Å². The maximum Gasteiger partial charge on any atom is 0.172 e. The Labute approximate surface area is 127 Å². The largest absolute Gasteiger partial charge is 0.299 e. The van der Waals surface area contributed by atoms with Crippen LogP contribution in [-0.4, -0.2) is 11.6 Å². The molecule has 0 amide bonds. The minimum atomic E-state index is -0.734. The molecule has 0 unspecified atom stereocenters. The van der Waals surface area contributed by atoms with E-state index in [0.29, 0.717) is 5.92 Å². The predicted molar refractivity (Wildman–Crippen MR) is 83.8 cm³/mol. The van der Waals surface area contributed by atoms with Gasteiger partial charge in [-0.3, -0.25) is 9.59 Å². The molecular formula is C19H26O2. The molecule has 2 nitrogen and oxygen atoms in total. The molecule has 3 aliphatic rings. The first-order valence-corrected chi connectivity index (χ1v) is 8.23. The lowest BCUT2D eigenvalue weighted by Crippen LogP contribution is -2.58. The molecule has 1 saturated carbocycles. The van der Waals surface area contributed by atoms with Gasteiger partial charge in [-0.05, 0) is 75.7 Å². The van der Waals surface area contributed by atoms with Crippen LogP contribution in [0.1, 0.15) is 59.8 Å². The molecule has 0 aromatic carbocycles. The van der Waals surface area contributed by atoms with Crippen molar-refractivity contribution in [3.8, 4) is 0 Å². The summed E-state index contributed by atoms with van der Waals surface area (Å²) in [5.41, 5.74) is 1.63. The number of fused-ring (bicyclic) bond motifs is 3. The summed E-state index contributed by atoms with van der Waals surface area (Å²) in [6.45, 7) is 8.08. The summed E-state index contributed by atoms with van der Waals surface area (Å²) in [6, 6.07) is 0. The number of carbonyl (C=O) groups is 2. The average Bonchev–Trinajstić information content (AvgIpc) is 2.42. The molecule has 1 fully saturated rings. The minimum Gasteiger partial charge on any atom is -0.299 e. The number of Topliss-reactive ketones (excluding diaryl/α,β-unsaturated/α-hetero) is 2. The fourth-order valence-electron chi connectivity index (χ4n) is 5.59. The van der Waals surface area contributed by atoms with Crippen LogP contribution in [0.2, 0.25) is 0 Å². The standard InChI is InChI=1S/C19H26O2/c1-12-6-5-10-18(4)15(12)9-11-19(14(3)20)16(18)8-7-13(2)17(19)21/h6-7,15-16H,5,8-11H2,1-4H3/t15-,16+,18-,19-/m1/s1. The highest BCUT2D eigenvalue weighted by molar-refractivity contribution is 6.14. The molecule has 0 bridgehead atoms. The van der Waals surface area contributed by atoms with Crippen LogP contribution in [0.15, 0.2) is 23.3 Å². The third kappa shape index (κ3) is 1.77. The molecule has 114 valence electrons. The molecule has 21 heavy (non-hydrogen) atoms. The lowest BCUT2D eigenvalue weighted by Gasteiger charge is -2.58. The van der Waals surface area contributed by atoms with E-state index in [2.05, 4.69) is 26.0 Å². The SMILES string of the molecule is CC(=O)[C@]12CC[C@@H]3C(C)=CCC[C@@]3(C)[C@@H]1CC=C(C)C2=O. The van der Waals surface area contributed by atoms with Crippen molar-refractivity contribution in [2.45, 2.75) is 59.8 Å². The highest BCUT2D eigenvalue weighted by atomic mass is 16.2. The van der Waals surface area contributed by atoms with Crippen molar-refractivity contribution < 1.29 is 9.59 Å². The zero-order valence-corrected chi connectivity index (χ0v) is 13.7. The maximum absolute atomic E-state index is 12.9. The molecule has 3 rings (SSSR count). The number of rotatable bonds is 1. The predicted octanol–water partition coefficient (Wildman–Crippen LogP) is 4.25. The van der Waals surface area contributed by atoms with Crippen LogP contribution in [0.25, 0.3) is 0 Å². The average molecular weight is 286 g/mol. The summed E-state index contributed by atoms with van der Waals surface area (Å²) < 4.78 is 0. The molecular weight excluding hydrogens is 260 g/mol. The molecule has 4 atom stereocenters. The van der Waals surface area contributed by atoms with E-state index in [-0.39, 0.29) is 22.9 Å². The van der Waals surface area contributed by atoms with Gasteiger partial charge in [-0.2, -0.15) is 0 Å². The van der Waals surface area contributed by atoms with E-state index in [1.165, 1.54) is 5.57 Å². The van der Waals surface area contributed by atoms with Crippen molar-refractivity contribution in [1.29, 1.82) is 0 Å². The van der Waals surface area contributed by atoms with Crippen LogP contribution in [0.5, 0.6) is 0 Å². The topological polar surface area (TPSA) is 34.1 Å². The summed E-state index contributed by atoms with van der Waals surface area (Å²) in [5.74, 6) is 0.930. The summed E-state index contributed by atoms with van der Waals surface area (Å²) in [4.78, 5) is 25.5. The number of hydrogen-bond acceptors (Lipinski definition) is 2. The zero-order chi connectivity index (χ0) is 15.4. The highest BCUT2D eigenvalue weighted by Crippen LogP contribution is 2.63. The van der Waals surface area contributed by atoms with Crippen LogP contribution in [0, 0.1) is 22.7 Å². The van der Waals surface area contributed by atoms with E-state index in [9.17, 15) is 9.59 Å². The van der Waals surface area contributed by atoms with Gasteiger partial charge in [0.25, 0.3) is 0 Å². The van der Waals surface area contributed by atoms with Crippen molar-refractivity contribution >= 4 is 11.6 Å². The number of hydrogen-bond donors (Lipinski definition) is 0. The Kier molecular flexibility index (Phi) is 3.27. The number of allylic oxidation sites excluding steroid dienone is 4. The molecule has 0 radical (unpaired) electrons. The molecule has 0 aromatic rings. The zero-order valence-electron chi connectivity index (χ0n) is 13.7. The van der Waals surface area contributed by atoms with Gasteiger partial charge in [0.2, 0.25) is 0 Å². The van der Waals surface area contributed by atoms with Gasteiger partial charge in [0, 0.05) is 0 Å². The quantitative estimate of drug-likeness (QED) is 0.533. The van der Waals surface area contributed by atoms with Gasteiger partial charge in [-0.25, -0.2) is 0 Å². The van der Waals surface area contributed by atoms with E-state index >= 15 is 0 Å². The molecule has 2 heteroatoms. The van der Waals surface area contributed by atoms with Crippen molar-refractivity contribution in [3.05, 3.63) is 23.3 Å². The Hall–Kier alpha value is -1.18. The first kappa shape index (κ1) is 14.7. The van der Waals surface area contributed by atoms with Gasteiger partial charge in [-0.1, -0.05) is 24.6 Å². The Morgan fingerprint density at radius 2 is 1.95 bits per heavy atom. The lowest BCUT2D eigenvalue weighted by atomic mass is 9.43. The third-order valence-corrected chi connectivity index (χ3v) is 6.76. The Bertz CT molecular complexity index is 568. The van der Waals surface area contributed by atoms with E-state index in [1.807, 2.05) is 6.92 Å². The molecule has 0 spiro atoms. The summed E-state index contributed by atoms with van der Waals surface area (Å²) >= 11 is 0. The van der Waals surface area contributed by atoms with Gasteiger partial charge >= 0.3 is 0 Å². The molecule has 3 aliphatic carbocycles. The van der Waals surface area contributed by atoms with Crippen molar-refractivity contribution in [2.75, 3.05) is 0 Å². The van der Waals surface area contributed by atoms with Gasteiger partial charge < -0.3 is 0 Å². The van der Waals surface area contributed by atoms with Crippen LogP contribution in [0.4, 0.5) is 0 Å². The molecule has 0 saturated heterocycles. The van der Waals surface area contributed by atoms with Crippen LogP contribution in [0.3, 0.4) is 0 Å². The van der Waals surface area contributed by atoms with Gasteiger partial charge in [0.1, 0.15) is 5.78 Å². The smallest absolute Gasteiger partial charge is 0.172 e. The van der Waals surface area contributed by atoms with E-state index in [0.717, 1.165) is 37.7 Å². The van der Waals surface area contributed by atoms with E-state index in [4.69, 9.17) is 0 Å². The first-order valence-electron chi connectivity index (χ1n) is 8.23. The summed E-state index contributed by atoms with van der Waals surface area (Å²) in [6.07, 6.45) is 9.23. The third-order valence-electron chi connectivity index (χ3n) is 6.76. The second-order valence-electron chi connectivity index (χ2n) is 7.62. The number of ketones is 2. The molecule has 0 aromatic heterocycles. The second-order valence-corrected chi connectivity index (χ2v) is 7.62. The van der Waals surface area contributed by atoms with E-state index < -0.39 is 5.41 Å².